The average Bonchev–Trinajstić information content (AvgIpc) is 2.08. The average molecular weight is 213 g/mol. The molecule has 88 valence electrons. The van der Waals surface area contributed by atoms with Crippen molar-refractivity contribution in [3.8, 4) is 0 Å². The first-order valence-electron chi connectivity index (χ1n) is 5.36. The van der Waals surface area contributed by atoms with Gasteiger partial charge in [-0.3, -0.25) is 4.79 Å². The minimum Gasteiger partial charge on any atom is -0.372 e. The second-order valence-electron chi connectivity index (χ2n) is 4.83. The van der Waals surface area contributed by atoms with Gasteiger partial charge in [-0.1, -0.05) is 32.9 Å². The Morgan fingerprint density at radius 2 is 2.07 bits per heavy atom. The third-order valence-electron chi connectivity index (χ3n) is 2.06. The summed E-state index contributed by atoms with van der Waals surface area (Å²) < 4.78 is 4.96. The molecule has 0 fully saturated rings. The standard InChI is InChI=1S/C12H23NO2/c1-12(2,3)9-7-5-6-8-10(15-4)11(13)14/h7,9-10H,5-6,8H2,1-4H3,(H2,13,14). The lowest BCUT2D eigenvalue weighted by Crippen LogP contribution is -2.29. The van der Waals surface area contributed by atoms with Crippen LogP contribution in [0.3, 0.4) is 0 Å². The molecule has 3 heteroatoms. The van der Waals surface area contributed by atoms with Crippen LogP contribution < -0.4 is 5.73 Å². The van der Waals surface area contributed by atoms with E-state index < -0.39 is 6.10 Å². The van der Waals surface area contributed by atoms with Gasteiger partial charge in [0.15, 0.2) is 0 Å². The molecule has 0 saturated carbocycles. The van der Waals surface area contributed by atoms with Crippen LogP contribution in [0.2, 0.25) is 0 Å². The highest BCUT2D eigenvalue weighted by Gasteiger charge is 2.12. The van der Waals surface area contributed by atoms with Gasteiger partial charge in [-0.25, -0.2) is 0 Å². The molecule has 0 rings (SSSR count). The summed E-state index contributed by atoms with van der Waals surface area (Å²) in [6.07, 6.45) is 6.47. The molecule has 0 aromatic rings. The highest BCUT2D eigenvalue weighted by atomic mass is 16.5. The number of methoxy groups -OCH3 is 1. The molecule has 0 radical (unpaired) electrons. The van der Waals surface area contributed by atoms with Crippen LogP contribution in [0.25, 0.3) is 0 Å². The van der Waals surface area contributed by atoms with Crippen molar-refractivity contribution in [3.05, 3.63) is 12.2 Å². The molecule has 0 bridgehead atoms. The molecule has 0 aliphatic rings. The Hall–Kier alpha value is -0.830. The summed E-state index contributed by atoms with van der Waals surface area (Å²) in [5.74, 6) is -0.377. The zero-order chi connectivity index (χ0) is 11.9. The topological polar surface area (TPSA) is 52.3 Å². The quantitative estimate of drug-likeness (QED) is 0.543. The van der Waals surface area contributed by atoms with Crippen LogP contribution in [0.15, 0.2) is 12.2 Å². The first kappa shape index (κ1) is 14.2. The van der Waals surface area contributed by atoms with E-state index in [0.29, 0.717) is 6.42 Å². The third kappa shape index (κ3) is 8.18. The van der Waals surface area contributed by atoms with Crippen molar-refractivity contribution in [2.75, 3.05) is 7.11 Å². The van der Waals surface area contributed by atoms with Crippen LogP contribution in [-0.2, 0) is 9.53 Å². The molecule has 0 heterocycles. The van der Waals surface area contributed by atoms with E-state index in [1.165, 1.54) is 7.11 Å². The maximum Gasteiger partial charge on any atom is 0.246 e. The van der Waals surface area contributed by atoms with Gasteiger partial charge in [-0.2, -0.15) is 0 Å². The molecule has 2 N–H and O–H groups in total. The fraction of sp³-hybridized carbons (Fsp3) is 0.750. The monoisotopic (exact) mass is 213 g/mol. The van der Waals surface area contributed by atoms with Crippen molar-refractivity contribution in [1.82, 2.24) is 0 Å². The normalized spacial score (nSPS) is 14.4. The Labute approximate surface area is 92.7 Å². The van der Waals surface area contributed by atoms with E-state index in [1.807, 2.05) is 0 Å². The number of hydrogen-bond donors (Lipinski definition) is 1. The fourth-order valence-electron chi connectivity index (χ4n) is 1.23. The number of hydrogen-bond acceptors (Lipinski definition) is 2. The smallest absolute Gasteiger partial charge is 0.246 e. The van der Waals surface area contributed by atoms with Crippen molar-refractivity contribution >= 4 is 5.91 Å². The van der Waals surface area contributed by atoms with Gasteiger partial charge < -0.3 is 10.5 Å². The highest BCUT2D eigenvalue weighted by Crippen LogP contribution is 2.15. The summed E-state index contributed by atoms with van der Waals surface area (Å²) in [5.41, 5.74) is 5.38. The predicted molar refractivity (Wildman–Crippen MR) is 62.4 cm³/mol. The van der Waals surface area contributed by atoms with E-state index in [1.54, 1.807) is 0 Å². The highest BCUT2D eigenvalue weighted by molar-refractivity contribution is 5.78. The minimum absolute atomic E-state index is 0.227. The lowest BCUT2D eigenvalue weighted by molar-refractivity contribution is -0.128. The molecule has 1 atom stereocenters. The number of amides is 1. The summed E-state index contributed by atoms with van der Waals surface area (Å²) >= 11 is 0. The Kier molecular flexibility index (Phi) is 6.25. The number of carbonyl (C=O) groups is 1. The second kappa shape index (κ2) is 6.62. The van der Waals surface area contributed by atoms with Gasteiger partial charge >= 0.3 is 0 Å². The molecule has 15 heavy (non-hydrogen) atoms. The zero-order valence-electron chi connectivity index (χ0n) is 10.2. The molecule has 0 aliphatic heterocycles. The van der Waals surface area contributed by atoms with Gasteiger partial charge in [0.2, 0.25) is 5.91 Å². The van der Waals surface area contributed by atoms with Gasteiger partial charge in [0.1, 0.15) is 6.10 Å². The van der Waals surface area contributed by atoms with Crippen molar-refractivity contribution in [3.63, 3.8) is 0 Å². The van der Waals surface area contributed by atoms with Gasteiger partial charge in [0.25, 0.3) is 0 Å². The van der Waals surface area contributed by atoms with E-state index in [-0.39, 0.29) is 11.3 Å². The predicted octanol–water partition coefficient (Wildman–Crippen LogP) is 2.26. The Morgan fingerprint density at radius 3 is 2.47 bits per heavy atom. The van der Waals surface area contributed by atoms with Gasteiger partial charge in [-0.15, -0.1) is 0 Å². The Bertz CT molecular complexity index is 216. The maximum absolute atomic E-state index is 10.8. The SMILES string of the molecule is COC(CCCC=CC(C)(C)C)C(N)=O. The van der Waals surface area contributed by atoms with E-state index in [2.05, 4.69) is 32.9 Å². The van der Waals surface area contributed by atoms with E-state index in [9.17, 15) is 4.79 Å². The number of primary amides is 1. The molecule has 0 spiro atoms. The van der Waals surface area contributed by atoms with Crippen LogP contribution in [0.5, 0.6) is 0 Å². The number of allylic oxidation sites excluding steroid dienone is 2. The molecule has 3 nitrogen and oxygen atoms in total. The summed E-state index contributed by atoms with van der Waals surface area (Å²) in [6.45, 7) is 6.47. The number of unbranched alkanes of at least 4 members (excludes halogenated alkanes) is 1. The largest absolute Gasteiger partial charge is 0.372 e. The van der Waals surface area contributed by atoms with Crippen LogP contribution in [0.1, 0.15) is 40.0 Å². The number of rotatable bonds is 6. The van der Waals surface area contributed by atoms with Gasteiger partial charge in [-0.05, 0) is 24.7 Å². The summed E-state index contributed by atoms with van der Waals surface area (Å²) in [4.78, 5) is 10.8. The zero-order valence-corrected chi connectivity index (χ0v) is 10.2. The molecule has 0 saturated heterocycles. The molecule has 1 amide bonds. The van der Waals surface area contributed by atoms with Crippen LogP contribution >= 0.6 is 0 Å². The number of carbonyl (C=O) groups excluding carboxylic acids is 1. The summed E-state index contributed by atoms with van der Waals surface area (Å²) in [6, 6.07) is 0. The summed E-state index contributed by atoms with van der Waals surface area (Å²) in [5, 5.41) is 0. The van der Waals surface area contributed by atoms with Gasteiger partial charge in [0.05, 0.1) is 0 Å². The first-order chi connectivity index (χ1) is 6.87. The Balaban J connectivity index is 3.71. The van der Waals surface area contributed by atoms with E-state index >= 15 is 0 Å². The number of nitrogens with two attached hydrogens (primary N) is 1. The molecular weight excluding hydrogens is 190 g/mol. The van der Waals surface area contributed by atoms with Gasteiger partial charge in [0, 0.05) is 7.11 Å². The van der Waals surface area contributed by atoms with Crippen LogP contribution in [0, 0.1) is 5.41 Å². The lowest BCUT2D eigenvalue weighted by Gasteiger charge is -2.12. The number of ether oxygens (including phenoxy) is 1. The molecule has 1 unspecified atom stereocenters. The van der Waals surface area contributed by atoms with Crippen molar-refractivity contribution in [1.29, 1.82) is 0 Å². The van der Waals surface area contributed by atoms with Crippen LogP contribution in [0.4, 0.5) is 0 Å². The summed E-state index contributed by atoms with van der Waals surface area (Å²) in [7, 11) is 1.51. The maximum atomic E-state index is 10.8. The Morgan fingerprint density at radius 1 is 1.47 bits per heavy atom. The minimum atomic E-state index is -0.437. The molecular formula is C12H23NO2. The van der Waals surface area contributed by atoms with Crippen molar-refractivity contribution in [2.24, 2.45) is 11.1 Å². The van der Waals surface area contributed by atoms with Crippen molar-refractivity contribution in [2.45, 2.75) is 46.1 Å². The first-order valence-corrected chi connectivity index (χ1v) is 5.36. The fourth-order valence-corrected chi connectivity index (χ4v) is 1.23. The second-order valence-corrected chi connectivity index (χ2v) is 4.83. The molecule has 0 aliphatic carbocycles. The van der Waals surface area contributed by atoms with Crippen molar-refractivity contribution < 1.29 is 9.53 Å². The van der Waals surface area contributed by atoms with E-state index in [4.69, 9.17) is 10.5 Å². The molecule has 0 aromatic carbocycles. The lowest BCUT2D eigenvalue weighted by atomic mass is 9.95. The third-order valence-corrected chi connectivity index (χ3v) is 2.06. The van der Waals surface area contributed by atoms with E-state index in [0.717, 1.165) is 12.8 Å². The van der Waals surface area contributed by atoms with Crippen LogP contribution in [-0.4, -0.2) is 19.1 Å². The molecule has 0 aromatic heterocycles.